The minimum atomic E-state index is -0.306. The second-order valence-corrected chi connectivity index (χ2v) is 5.98. The number of piperazine rings is 1. The number of halogens is 1. The summed E-state index contributed by atoms with van der Waals surface area (Å²) in [5.41, 5.74) is 2.91. The van der Waals surface area contributed by atoms with E-state index in [4.69, 9.17) is 0 Å². The van der Waals surface area contributed by atoms with Gasteiger partial charge in [-0.3, -0.25) is 4.79 Å². The first-order valence-corrected chi connectivity index (χ1v) is 7.96. The summed E-state index contributed by atoms with van der Waals surface area (Å²) in [5.74, 6) is -0.307. The van der Waals surface area contributed by atoms with E-state index in [2.05, 4.69) is 36.1 Å². The van der Waals surface area contributed by atoms with Gasteiger partial charge in [-0.05, 0) is 36.2 Å². The van der Waals surface area contributed by atoms with Crippen molar-refractivity contribution in [2.45, 2.75) is 13.3 Å². The Morgan fingerprint density at radius 1 is 1.04 bits per heavy atom. The standard InChI is InChI=1S/C19H21FN2O/c1-15-5-4-7-17(13-15)21-9-11-22(12-10-21)19(23)14-16-6-2-3-8-18(16)20/h2-8,13H,9-12,14H2,1H3. The highest BCUT2D eigenvalue weighted by molar-refractivity contribution is 5.79. The summed E-state index contributed by atoms with van der Waals surface area (Å²) in [4.78, 5) is 16.5. The Balaban J connectivity index is 1.58. The molecule has 1 amide bonds. The van der Waals surface area contributed by atoms with Gasteiger partial charge in [-0.2, -0.15) is 0 Å². The Labute approximate surface area is 136 Å². The van der Waals surface area contributed by atoms with Crippen molar-refractivity contribution in [2.75, 3.05) is 31.1 Å². The lowest BCUT2D eigenvalue weighted by Gasteiger charge is -2.36. The van der Waals surface area contributed by atoms with Crippen molar-refractivity contribution in [1.82, 2.24) is 4.90 Å². The SMILES string of the molecule is Cc1cccc(N2CCN(C(=O)Cc3ccccc3F)CC2)c1. The summed E-state index contributed by atoms with van der Waals surface area (Å²) in [7, 11) is 0. The van der Waals surface area contributed by atoms with E-state index in [9.17, 15) is 9.18 Å². The van der Waals surface area contributed by atoms with Crippen LogP contribution < -0.4 is 4.90 Å². The highest BCUT2D eigenvalue weighted by atomic mass is 19.1. The van der Waals surface area contributed by atoms with Crippen LogP contribution in [0.5, 0.6) is 0 Å². The van der Waals surface area contributed by atoms with E-state index in [1.54, 1.807) is 18.2 Å². The molecule has 3 nitrogen and oxygen atoms in total. The molecule has 1 saturated heterocycles. The van der Waals surface area contributed by atoms with Crippen molar-refractivity contribution in [3.8, 4) is 0 Å². The van der Waals surface area contributed by atoms with Gasteiger partial charge in [0.15, 0.2) is 0 Å². The summed E-state index contributed by atoms with van der Waals surface area (Å²) in [6, 6.07) is 14.9. The zero-order valence-electron chi connectivity index (χ0n) is 13.3. The van der Waals surface area contributed by atoms with Gasteiger partial charge in [0.2, 0.25) is 5.91 Å². The van der Waals surface area contributed by atoms with E-state index in [-0.39, 0.29) is 18.1 Å². The van der Waals surface area contributed by atoms with Gasteiger partial charge in [0.25, 0.3) is 0 Å². The molecule has 1 aliphatic heterocycles. The number of hydrogen-bond acceptors (Lipinski definition) is 2. The third-order valence-electron chi connectivity index (χ3n) is 4.30. The summed E-state index contributed by atoms with van der Waals surface area (Å²) < 4.78 is 13.7. The van der Waals surface area contributed by atoms with E-state index in [1.807, 2.05) is 4.90 Å². The molecule has 0 aromatic heterocycles. The number of anilines is 1. The molecule has 0 atom stereocenters. The predicted octanol–water partition coefficient (Wildman–Crippen LogP) is 3.03. The molecular weight excluding hydrogens is 291 g/mol. The second-order valence-electron chi connectivity index (χ2n) is 5.98. The maximum Gasteiger partial charge on any atom is 0.227 e. The van der Waals surface area contributed by atoms with Gasteiger partial charge in [0.1, 0.15) is 5.82 Å². The van der Waals surface area contributed by atoms with Crippen LogP contribution in [0.4, 0.5) is 10.1 Å². The monoisotopic (exact) mass is 312 g/mol. The van der Waals surface area contributed by atoms with Gasteiger partial charge in [-0.25, -0.2) is 4.39 Å². The van der Waals surface area contributed by atoms with Crippen LogP contribution in [0.15, 0.2) is 48.5 Å². The number of carbonyl (C=O) groups excluding carboxylic acids is 1. The van der Waals surface area contributed by atoms with Gasteiger partial charge >= 0.3 is 0 Å². The van der Waals surface area contributed by atoms with Crippen LogP contribution in [0.25, 0.3) is 0 Å². The van der Waals surface area contributed by atoms with E-state index >= 15 is 0 Å². The van der Waals surface area contributed by atoms with Crippen molar-refractivity contribution < 1.29 is 9.18 Å². The molecule has 4 heteroatoms. The largest absolute Gasteiger partial charge is 0.368 e. The quantitative estimate of drug-likeness (QED) is 0.870. The maximum atomic E-state index is 13.7. The van der Waals surface area contributed by atoms with Crippen molar-refractivity contribution >= 4 is 11.6 Å². The summed E-state index contributed by atoms with van der Waals surface area (Å²) in [6.07, 6.45) is 0.136. The fraction of sp³-hybridized carbons (Fsp3) is 0.316. The van der Waals surface area contributed by atoms with Crippen LogP contribution >= 0.6 is 0 Å². The number of aryl methyl sites for hydroxylation is 1. The van der Waals surface area contributed by atoms with Gasteiger partial charge in [0, 0.05) is 31.9 Å². The molecule has 23 heavy (non-hydrogen) atoms. The first kappa shape index (κ1) is 15.5. The van der Waals surface area contributed by atoms with Crippen molar-refractivity contribution in [1.29, 1.82) is 0 Å². The summed E-state index contributed by atoms with van der Waals surface area (Å²) in [5, 5.41) is 0. The molecule has 0 N–H and O–H groups in total. The molecule has 2 aromatic rings. The van der Waals surface area contributed by atoms with Gasteiger partial charge in [-0.15, -0.1) is 0 Å². The van der Waals surface area contributed by atoms with Crippen LogP contribution in [0, 0.1) is 12.7 Å². The van der Waals surface area contributed by atoms with E-state index < -0.39 is 0 Å². The minimum Gasteiger partial charge on any atom is -0.368 e. The van der Waals surface area contributed by atoms with Crippen LogP contribution in [-0.4, -0.2) is 37.0 Å². The topological polar surface area (TPSA) is 23.6 Å². The lowest BCUT2D eigenvalue weighted by molar-refractivity contribution is -0.130. The molecule has 0 unspecified atom stereocenters. The summed E-state index contributed by atoms with van der Waals surface area (Å²) in [6.45, 7) is 5.07. The molecule has 120 valence electrons. The van der Waals surface area contributed by atoms with Crippen LogP contribution in [0.1, 0.15) is 11.1 Å². The molecule has 2 aromatic carbocycles. The van der Waals surface area contributed by atoms with Crippen LogP contribution in [0.2, 0.25) is 0 Å². The van der Waals surface area contributed by atoms with Crippen molar-refractivity contribution in [2.24, 2.45) is 0 Å². The Kier molecular flexibility index (Phi) is 4.60. The molecule has 0 bridgehead atoms. The molecule has 0 spiro atoms. The highest BCUT2D eigenvalue weighted by Gasteiger charge is 2.22. The fourth-order valence-corrected chi connectivity index (χ4v) is 2.96. The van der Waals surface area contributed by atoms with Gasteiger partial charge in [0.05, 0.1) is 6.42 Å². The van der Waals surface area contributed by atoms with Gasteiger partial charge in [-0.1, -0.05) is 30.3 Å². The van der Waals surface area contributed by atoms with Crippen LogP contribution in [0.3, 0.4) is 0 Å². The third-order valence-corrected chi connectivity index (χ3v) is 4.30. The smallest absolute Gasteiger partial charge is 0.227 e. The van der Waals surface area contributed by atoms with Crippen molar-refractivity contribution in [3.05, 3.63) is 65.5 Å². The molecule has 1 aliphatic rings. The lowest BCUT2D eigenvalue weighted by Crippen LogP contribution is -2.49. The molecular formula is C19H21FN2O. The molecule has 0 saturated carbocycles. The van der Waals surface area contributed by atoms with Gasteiger partial charge < -0.3 is 9.80 Å². The molecule has 1 fully saturated rings. The number of benzene rings is 2. The molecule has 0 aliphatic carbocycles. The van der Waals surface area contributed by atoms with E-state index in [1.165, 1.54) is 17.3 Å². The summed E-state index contributed by atoms with van der Waals surface area (Å²) >= 11 is 0. The van der Waals surface area contributed by atoms with Crippen molar-refractivity contribution in [3.63, 3.8) is 0 Å². The van der Waals surface area contributed by atoms with Crippen LogP contribution in [-0.2, 0) is 11.2 Å². The Hall–Kier alpha value is -2.36. The molecule has 3 rings (SSSR count). The highest BCUT2D eigenvalue weighted by Crippen LogP contribution is 2.18. The average molecular weight is 312 g/mol. The Morgan fingerprint density at radius 2 is 1.78 bits per heavy atom. The average Bonchev–Trinajstić information content (AvgIpc) is 2.57. The number of carbonyl (C=O) groups is 1. The number of rotatable bonds is 3. The molecule has 0 radical (unpaired) electrons. The first-order chi connectivity index (χ1) is 11.1. The Bertz CT molecular complexity index is 693. The first-order valence-electron chi connectivity index (χ1n) is 7.96. The minimum absolute atomic E-state index is 0.000933. The fourth-order valence-electron chi connectivity index (χ4n) is 2.96. The predicted molar refractivity (Wildman–Crippen MR) is 90.1 cm³/mol. The lowest BCUT2D eigenvalue weighted by atomic mass is 10.1. The maximum absolute atomic E-state index is 13.7. The second kappa shape index (κ2) is 6.82. The van der Waals surface area contributed by atoms with E-state index in [0.717, 1.165) is 13.1 Å². The number of nitrogens with zero attached hydrogens (tertiary/aromatic N) is 2. The number of hydrogen-bond donors (Lipinski definition) is 0. The zero-order chi connectivity index (χ0) is 16.2. The Morgan fingerprint density at radius 3 is 2.48 bits per heavy atom. The number of amides is 1. The molecule has 1 heterocycles. The third kappa shape index (κ3) is 3.70. The van der Waals surface area contributed by atoms with E-state index in [0.29, 0.717) is 18.7 Å². The normalized spacial score (nSPS) is 14.9. The zero-order valence-corrected chi connectivity index (χ0v) is 13.3.